The SMILES string of the molecule is O=C(O)CN(Cc1ccccc1)C(=O)C1CCC(CNC(=O)OCC2c3ccccc3-c3ccccc32)O1. The number of ether oxygens (including phenoxy) is 2. The second-order valence-electron chi connectivity index (χ2n) is 9.60. The number of aliphatic carboxylic acids is 1. The Morgan fingerprint density at radius 1 is 0.895 bits per heavy atom. The fourth-order valence-electron chi connectivity index (χ4n) is 5.27. The number of carbonyl (C=O) groups is 3. The van der Waals surface area contributed by atoms with Crippen LogP contribution in [-0.2, 0) is 25.6 Å². The zero-order valence-electron chi connectivity index (χ0n) is 20.9. The van der Waals surface area contributed by atoms with Gasteiger partial charge in [-0.15, -0.1) is 0 Å². The molecule has 3 aromatic rings. The number of carbonyl (C=O) groups excluding carboxylic acids is 2. The lowest BCUT2D eigenvalue weighted by molar-refractivity contribution is -0.150. The number of rotatable bonds is 9. The number of fused-ring (bicyclic) bond motifs is 3. The molecule has 0 saturated carbocycles. The third-order valence-corrected chi connectivity index (χ3v) is 7.05. The standard InChI is InChI=1S/C30H30N2O6/c33-28(34)18-32(17-20-8-2-1-3-9-20)29(35)27-15-14-21(38-27)16-31-30(36)37-19-26-24-12-6-4-10-22(24)23-11-5-7-13-25(23)26/h1-13,21,26-27H,14-19H2,(H,31,36)(H,33,34). The summed E-state index contributed by atoms with van der Waals surface area (Å²) in [6.07, 6.45) is -0.602. The molecule has 8 heteroatoms. The molecule has 1 saturated heterocycles. The van der Waals surface area contributed by atoms with Crippen molar-refractivity contribution in [2.45, 2.75) is 37.5 Å². The van der Waals surface area contributed by atoms with Crippen LogP contribution in [0.4, 0.5) is 4.79 Å². The van der Waals surface area contributed by atoms with Gasteiger partial charge in [-0.2, -0.15) is 0 Å². The molecule has 1 fully saturated rings. The summed E-state index contributed by atoms with van der Waals surface area (Å²) in [7, 11) is 0. The highest BCUT2D eigenvalue weighted by Gasteiger charge is 2.35. The molecule has 2 atom stereocenters. The molecule has 1 aliphatic carbocycles. The Morgan fingerprint density at radius 3 is 2.18 bits per heavy atom. The van der Waals surface area contributed by atoms with Crippen molar-refractivity contribution in [3.63, 3.8) is 0 Å². The van der Waals surface area contributed by atoms with E-state index in [4.69, 9.17) is 9.47 Å². The van der Waals surface area contributed by atoms with Crippen molar-refractivity contribution in [1.82, 2.24) is 10.2 Å². The van der Waals surface area contributed by atoms with Gasteiger partial charge in [0.25, 0.3) is 5.91 Å². The van der Waals surface area contributed by atoms with Crippen LogP contribution >= 0.6 is 0 Å². The highest BCUT2D eigenvalue weighted by atomic mass is 16.5. The van der Waals surface area contributed by atoms with Crippen molar-refractivity contribution in [2.24, 2.45) is 0 Å². The van der Waals surface area contributed by atoms with Crippen LogP contribution < -0.4 is 5.32 Å². The highest BCUT2D eigenvalue weighted by Crippen LogP contribution is 2.44. The predicted octanol–water partition coefficient (Wildman–Crippen LogP) is 4.19. The van der Waals surface area contributed by atoms with Gasteiger partial charge in [0, 0.05) is 19.0 Å². The van der Waals surface area contributed by atoms with Crippen LogP contribution in [0, 0.1) is 0 Å². The van der Waals surface area contributed by atoms with E-state index >= 15 is 0 Å². The van der Waals surface area contributed by atoms with Gasteiger partial charge in [-0.25, -0.2) is 4.79 Å². The molecule has 0 bridgehead atoms. The lowest BCUT2D eigenvalue weighted by Gasteiger charge is -2.24. The summed E-state index contributed by atoms with van der Waals surface area (Å²) in [6, 6.07) is 25.5. The van der Waals surface area contributed by atoms with Gasteiger partial charge >= 0.3 is 12.1 Å². The maximum Gasteiger partial charge on any atom is 0.407 e. The van der Waals surface area contributed by atoms with E-state index in [2.05, 4.69) is 29.6 Å². The minimum Gasteiger partial charge on any atom is -0.480 e. The molecule has 0 spiro atoms. The summed E-state index contributed by atoms with van der Waals surface area (Å²) in [5.74, 6) is -1.47. The van der Waals surface area contributed by atoms with E-state index in [-0.39, 0.29) is 37.6 Å². The molecular weight excluding hydrogens is 484 g/mol. The van der Waals surface area contributed by atoms with Crippen molar-refractivity contribution in [3.8, 4) is 11.1 Å². The molecule has 3 aromatic carbocycles. The first kappa shape index (κ1) is 25.5. The van der Waals surface area contributed by atoms with Crippen LogP contribution in [0.25, 0.3) is 11.1 Å². The molecule has 2 unspecified atom stereocenters. The van der Waals surface area contributed by atoms with E-state index in [9.17, 15) is 19.5 Å². The molecule has 2 aliphatic rings. The molecule has 2 N–H and O–H groups in total. The summed E-state index contributed by atoms with van der Waals surface area (Å²) in [6.45, 7) is 0.207. The lowest BCUT2D eigenvalue weighted by Crippen LogP contribution is -2.42. The second-order valence-corrected chi connectivity index (χ2v) is 9.60. The van der Waals surface area contributed by atoms with Gasteiger partial charge in [-0.3, -0.25) is 9.59 Å². The summed E-state index contributed by atoms with van der Waals surface area (Å²) < 4.78 is 11.5. The first-order valence-corrected chi connectivity index (χ1v) is 12.8. The van der Waals surface area contributed by atoms with Crippen LogP contribution in [-0.4, -0.2) is 59.9 Å². The van der Waals surface area contributed by atoms with E-state index in [0.717, 1.165) is 27.8 Å². The molecule has 38 heavy (non-hydrogen) atoms. The Labute approximate surface area is 221 Å². The quantitative estimate of drug-likeness (QED) is 0.444. The van der Waals surface area contributed by atoms with Gasteiger partial charge < -0.3 is 24.8 Å². The fourth-order valence-corrected chi connectivity index (χ4v) is 5.27. The minimum atomic E-state index is -1.08. The van der Waals surface area contributed by atoms with Gasteiger partial charge in [-0.1, -0.05) is 78.9 Å². The Morgan fingerprint density at radius 2 is 1.53 bits per heavy atom. The number of carboxylic acid groups (broad SMARTS) is 1. The molecular formula is C30H30N2O6. The average Bonchev–Trinajstić information content (AvgIpc) is 3.53. The molecule has 0 aromatic heterocycles. The monoisotopic (exact) mass is 514 g/mol. The maximum atomic E-state index is 13.0. The third-order valence-electron chi connectivity index (χ3n) is 7.05. The molecule has 1 aliphatic heterocycles. The Bertz CT molecular complexity index is 1270. The number of benzene rings is 3. The van der Waals surface area contributed by atoms with Crippen molar-refractivity contribution in [3.05, 3.63) is 95.6 Å². The minimum absolute atomic E-state index is 0.0253. The Balaban J connectivity index is 1.12. The number of hydrogen-bond acceptors (Lipinski definition) is 5. The van der Waals surface area contributed by atoms with Gasteiger partial charge in [0.05, 0.1) is 6.10 Å². The van der Waals surface area contributed by atoms with E-state index in [0.29, 0.717) is 12.8 Å². The lowest BCUT2D eigenvalue weighted by atomic mass is 9.98. The summed E-state index contributed by atoms with van der Waals surface area (Å²) in [5.41, 5.74) is 5.45. The van der Waals surface area contributed by atoms with Crippen molar-refractivity contribution < 1.29 is 29.0 Å². The molecule has 8 nitrogen and oxygen atoms in total. The topological polar surface area (TPSA) is 105 Å². The van der Waals surface area contributed by atoms with E-state index in [1.165, 1.54) is 4.90 Å². The number of amides is 2. The number of carboxylic acids is 1. The van der Waals surface area contributed by atoms with Crippen molar-refractivity contribution in [1.29, 1.82) is 0 Å². The fraction of sp³-hybridized carbons (Fsp3) is 0.300. The molecule has 5 rings (SSSR count). The Kier molecular flexibility index (Phi) is 7.70. The van der Waals surface area contributed by atoms with Crippen LogP contribution in [0.2, 0.25) is 0 Å². The van der Waals surface area contributed by atoms with Crippen LogP contribution in [0.15, 0.2) is 78.9 Å². The van der Waals surface area contributed by atoms with Gasteiger partial charge in [0.15, 0.2) is 0 Å². The number of hydrogen-bond donors (Lipinski definition) is 2. The molecule has 0 radical (unpaired) electrons. The largest absolute Gasteiger partial charge is 0.480 e. The molecule has 196 valence electrons. The van der Waals surface area contributed by atoms with Gasteiger partial charge in [0.2, 0.25) is 0 Å². The zero-order valence-corrected chi connectivity index (χ0v) is 20.9. The van der Waals surface area contributed by atoms with Gasteiger partial charge in [-0.05, 0) is 40.7 Å². The smallest absolute Gasteiger partial charge is 0.407 e. The van der Waals surface area contributed by atoms with Crippen molar-refractivity contribution in [2.75, 3.05) is 19.7 Å². The predicted molar refractivity (Wildman–Crippen MR) is 140 cm³/mol. The number of alkyl carbamates (subject to hydrolysis) is 1. The first-order chi connectivity index (χ1) is 18.5. The summed E-state index contributed by atoms with van der Waals surface area (Å²) >= 11 is 0. The van der Waals surface area contributed by atoms with E-state index in [1.54, 1.807) is 0 Å². The molecule has 1 heterocycles. The van der Waals surface area contributed by atoms with E-state index < -0.39 is 24.7 Å². The average molecular weight is 515 g/mol. The number of nitrogens with zero attached hydrogens (tertiary/aromatic N) is 1. The van der Waals surface area contributed by atoms with Crippen LogP contribution in [0.3, 0.4) is 0 Å². The third kappa shape index (κ3) is 5.70. The first-order valence-electron chi connectivity index (χ1n) is 12.8. The number of nitrogens with one attached hydrogen (secondary N) is 1. The maximum absolute atomic E-state index is 13.0. The van der Waals surface area contributed by atoms with Crippen molar-refractivity contribution >= 4 is 18.0 Å². The second kappa shape index (κ2) is 11.5. The normalized spacial score (nSPS) is 17.9. The summed E-state index contributed by atoms with van der Waals surface area (Å²) in [4.78, 5) is 38.2. The van der Waals surface area contributed by atoms with Crippen LogP contribution in [0.1, 0.15) is 35.4 Å². The molecule has 2 amide bonds. The van der Waals surface area contributed by atoms with Gasteiger partial charge in [0.1, 0.15) is 19.3 Å². The summed E-state index contributed by atoms with van der Waals surface area (Å²) in [5, 5.41) is 12.0. The zero-order chi connectivity index (χ0) is 26.5. The van der Waals surface area contributed by atoms with Crippen LogP contribution in [0.5, 0.6) is 0 Å². The van der Waals surface area contributed by atoms with E-state index in [1.807, 2.05) is 54.6 Å². The Hall–Kier alpha value is -4.17. The highest BCUT2D eigenvalue weighted by molar-refractivity contribution is 5.85.